The molecule has 0 atom stereocenters. The van der Waals surface area contributed by atoms with Crippen LogP contribution in [0.4, 0.5) is 0 Å². The zero-order valence-electron chi connectivity index (χ0n) is 32.2. The summed E-state index contributed by atoms with van der Waals surface area (Å²) in [4.78, 5) is 25.0. The molecule has 0 aliphatic rings. The summed E-state index contributed by atoms with van der Waals surface area (Å²) in [6.45, 7) is 28.4. The van der Waals surface area contributed by atoms with E-state index in [2.05, 4.69) is 98.9 Å². The lowest BCUT2D eigenvalue weighted by Crippen LogP contribution is -2.25. The van der Waals surface area contributed by atoms with E-state index in [9.17, 15) is 19.8 Å². The minimum atomic E-state index is -0.187. The predicted molar refractivity (Wildman–Crippen MR) is 199 cm³/mol. The molecule has 0 radical (unpaired) electrons. The molecule has 0 heterocycles. The van der Waals surface area contributed by atoms with Gasteiger partial charge in [0.05, 0.1) is 0 Å². The Morgan fingerprint density at radius 1 is 0.596 bits per heavy atom. The summed E-state index contributed by atoms with van der Waals surface area (Å²) in [7, 11) is 0. The van der Waals surface area contributed by atoms with Crippen molar-refractivity contribution in [2.24, 2.45) is 0 Å². The monoisotopic (exact) mass is 653 g/mol. The van der Waals surface area contributed by atoms with Crippen LogP contribution in [0.15, 0.2) is 24.3 Å². The molecule has 2 aromatic rings. The Morgan fingerprint density at radius 2 is 0.936 bits per heavy atom. The normalized spacial score (nSPS) is 12.0. The summed E-state index contributed by atoms with van der Waals surface area (Å²) in [6, 6.07) is 8.19. The van der Waals surface area contributed by atoms with E-state index in [-0.39, 0.29) is 34.0 Å². The zero-order valence-corrected chi connectivity index (χ0v) is 32.2. The van der Waals surface area contributed by atoms with Gasteiger partial charge >= 0.3 is 0 Å². The number of hydrogen-bond acceptors (Lipinski definition) is 4. The SMILES string of the molecule is CC.CC(C)c1cc(CCC(=O)NCCCCCCNC(=O)CCc2cc(C(C)(C)C)c(O)c(C(C)(C)C)c2)cc(C(C)(C)C)c1O. The van der Waals surface area contributed by atoms with Gasteiger partial charge in [0, 0.05) is 25.9 Å². The van der Waals surface area contributed by atoms with Crippen LogP contribution in [-0.2, 0) is 38.7 Å². The highest BCUT2D eigenvalue weighted by Crippen LogP contribution is 2.40. The molecule has 0 aromatic heterocycles. The third-order valence-electron chi connectivity index (χ3n) is 8.44. The molecule has 6 nitrogen and oxygen atoms in total. The average Bonchev–Trinajstić information content (AvgIpc) is 2.96. The second kappa shape index (κ2) is 18.5. The number of carbonyl (C=O) groups is 2. The number of carbonyl (C=O) groups excluding carboxylic acids is 2. The zero-order chi connectivity index (χ0) is 36.2. The molecule has 0 saturated carbocycles. The van der Waals surface area contributed by atoms with Crippen LogP contribution in [0.25, 0.3) is 0 Å². The number of benzene rings is 2. The van der Waals surface area contributed by atoms with Gasteiger partial charge in [-0.25, -0.2) is 0 Å². The van der Waals surface area contributed by atoms with E-state index in [0.717, 1.165) is 59.1 Å². The van der Waals surface area contributed by atoms with Gasteiger partial charge in [0.15, 0.2) is 0 Å². The number of aromatic hydroxyl groups is 2. The van der Waals surface area contributed by atoms with Crippen LogP contribution in [-0.4, -0.2) is 35.1 Å². The summed E-state index contributed by atoms with van der Waals surface area (Å²) >= 11 is 0. The van der Waals surface area contributed by atoms with Crippen LogP contribution in [0.2, 0.25) is 0 Å². The standard InChI is InChI=1S/C39H62N2O4.C2H6/c1-26(2)29-22-27(23-30(35(29)44)37(3,4)5)16-18-33(42)40-20-14-12-13-15-21-41-34(43)19-17-28-24-31(38(6,7)8)36(45)32(25-28)39(9,10)11;1-2/h22-26,44-45H,12-21H2,1-11H3,(H,40,42)(H,41,43);1-2H3. The highest BCUT2D eigenvalue weighted by molar-refractivity contribution is 5.76. The second-order valence-electron chi connectivity index (χ2n) is 16.1. The van der Waals surface area contributed by atoms with Gasteiger partial charge in [-0.15, -0.1) is 0 Å². The fraction of sp³-hybridized carbons (Fsp3) is 0.659. The van der Waals surface area contributed by atoms with Crippen molar-refractivity contribution in [2.45, 2.75) is 164 Å². The van der Waals surface area contributed by atoms with Gasteiger partial charge in [0.2, 0.25) is 11.8 Å². The van der Waals surface area contributed by atoms with Gasteiger partial charge in [-0.1, -0.05) is 127 Å². The Balaban J connectivity index is 0.00000541. The first-order valence-electron chi connectivity index (χ1n) is 18.0. The third-order valence-corrected chi connectivity index (χ3v) is 8.44. The number of rotatable bonds is 14. The molecule has 6 heteroatoms. The van der Waals surface area contributed by atoms with E-state index in [0.29, 0.717) is 50.3 Å². The Labute approximate surface area is 287 Å². The van der Waals surface area contributed by atoms with Crippen LogP contribution < -0.4 is 10.6 Å². The van der Waals surface area contributed by atoms with Crippen molar-refractivity contribution in [3.05, 3.63) is 57.6 Å². The molecule has 0 aliphatic carbocycles. The van der Waals surface area contributed by atoms with Crippen LogP contribution in [0.3, 0.4) is 0 Å². The van der Waals surface area contributed by atoms with Crippen molar-refractivity contribution < 1.29 is 19.8 Å². The Bertz CT molecular complexity index is 1260. The molecule has 0 aliphatic heterocycles. The Morgan fingerprint density at radius 3 is 1.28 bits per heavy atom. The molecule has 2 aromatic carbocycles. The van der Waals surface area contributed by atoms with E-state index >= 15 is 0 Å². The molecule has 0 spiro atoms. The lowest BCUT2D eigenvalue weighted by atomic mass is 9.78. The average molecular weight is 653 g/mol. The van der Waals surface area contributed by atoms with Crippen molar-refractivity contribution in [3.8, 4) is 11.5 Å². The van der Waals surface area contributed by atoms with Gasteiger partial charge < -0.3 is 20.8 Å². The molecule has 266 valence electrons. The smallest absolute Gasteiger partial charge is 0.220 e. The lowest BCUT2D eigenvalue weighted by Gasteiger charge is -2.28. The van der Waals surface area contributed by atoms with Gasteiger partial charge in [0.1, 0.15) is 11.5 Å². The summed E-state index contributed by atoms with van der Waals surface area (Å²) in [6.07, 6.45) is 5.96. The van der Waals surface area contributed by atoms with E-state index in [1.54, 1.807) is 0 Å². The molecule has 2 rings (SSSR count). The molecule has 0 saturated heterocycles. The minimum absolute atomic E-state index is 0.0497. The quantitative estimate of drug-likeness (QED) is 0.153. The Kier molecular flexibility index (Phi) is 16.5. The first-order valence-corrected chi connectivity index (χ1v) is 18.0. The summed E-state index contributed by atoms with van der Waals surface area (Å²) < 4.78 is 0. The predicted octanol–water partition coefficient (Wildman–Crippen LogP) is 9.50. The maximum atomic E-state index is 12.5. The second-order valence-corrected chi connectivity index (χ2v) is 16.1. The molecule has 0 bridgehead atoms. The van der Waals surface area contributed by atoms with Gasteiger partial charge in [-0.05, 0) is 81.2 Å². The number of nitrogens with one attached hydrogen (secondary N) is 2. The van der Waals surface area contributed by atoms with Crippen LogP contribution in [0, 0.1) is 0 Å². The molecule has 47 heavy (non-hydrogen) atoms. The first kappa shape index (κ1) is 42.0. The third kappa shape index (κ3) is 13.9. The van der Waals surface area contributed by atoms with Gasteiger partial charge in [0.25, 0.3) is 0 Å². The van der Waals surface area contributed by atoms with Crippen molar-refractivity contribution in [3.63, 3.8) is 0 Å². The van der Waals surface area contributed by atoms with Crippen molar-refractivity contribution in [1.82, 2.24) is 10.6 Å². The van der Waals surface area contributed by atoms with Crippen LogP contribution in [0.5, 0.6) is 11.5 Å². The fourth-order valence-corrected chi connectivity index (χ4v) is 5.61. The van der Waals surface area contributed by atoms with E-state index in [4.69, 9.17) is 0 Å². The number of hydrogen-bond donors (Lipinski definition) is 4. The topological polar surface area (TPSA) is 98.7 Å². The number of aryl methyl sites for hydroxylation is 2. The van der Waals surface area contributed by atoms with Gasteiger partial charge in [-0.3, -0.25) is 9.59 Å². The molecule has 4 N–H and O–H groups in total. The van der Waals surface area contributed by atoms with Crippen molar-refractivity contribution >= 4 is 11.8 Å². The lowest BCUT2D eigenvalue weighted by molar-refractivity contribution is -0.121. The molecule has 0 fully saturated rings. The van der Waals surface area contributed by atoms with E-state index in [1.807, 2.05) is 26.0 Å². The largest absolute Gasteiger partial charge is 0.507 e. The molecule has 2 amide bonds. The van der Waals surface area contributed by atoms with Gasteiger partial charge in [-0.2, -0.15) is 0 Å². The van der Waals surface area contributed by atoms with Crippen LogP contribution >= 0.6 is 0 Å². The molecular formula is C41H68N2O4. The molecular weight excluding hydrogens is 584 g/mol. The number of amides is 2. The highest BCUT2D eigenvalue weighted by Gasteiger charge is 2.27. The Hall–Kier alpha value is -3.02. The van der Waals surface area contributed by atoms with Crippen LogP contribution in [0.1, 0.15) is 168 Å². The van der Waals surface area contributed by atoms with E-state index < -0.39 is 0 Å². The highest BCUT2D eigenvalue weighted by atomic mass is 16.3. The maximum Gasteiger partial charge on any atom is 0.220 e. The molecule has 0 unspecified atom stereocenters. The summed E-state index contributed by atoms with van der Waals surface area (Å²) in [5.74, 6) is 1.06. The number of phenolic OH excluding ortho intramolecular Hbond substituents is 2. The van der Waals surface area contributed by atoms with Crippen molar-refractivity contribution in [2.75, 3.05) is 13.1 Å². The fourth-order valence-electron chi connectivity index (χ4n) is 5.61. The van der Waals surface area contributed by atoms with E-state index in [1.165, 1.54) is 0 Å². The number of phenols is 2. The number of unbranched alkanes of at least 4 members (excludes halogenated alkanes) is 3. The minimum Gasteiger partial charge on any atom is -0.507 e. The summed E-state index contributed by atoms with van der Waals surface area (Å²) in [5, 5.41) is 27.8. The maximum absolute atomic E-state index is 12.5. The van der Waals surface area contributed by atoms with Crippen molar-refractivity contribution in [1.29, 1.82) is 0 Å². The first-order chi connectivity index (χ1) is 21.7. The summed E-state index contributed by atoms with van der Waals surface area (Å²) in [5.41, 5.74) is 5.35.